The number of amides is 1. The fourth-order valence-electron chi connectivity index (χ4n) is 6.61. The second kappa shape index (κ2) is 18.7. The second-order valence-corrected chi connectivity index (χ2v) is 17.7. The van der Waals surface area contributed by atoms with E-state index in [4.69, 9.17) is 23.2 Å². The number of rotatable bonds is 15. The van der Waals surface area contributed by atoms with Crippen LogP contribution in [0.2, 0.25) is 10.0 Å². The Morgan fingerprint density at radius 2 is 1.55 bits per heavy atom. The molecule has 1 aliphatic rings. The van der Waals surface area contributed by atoms with Gasteiger partial charge in [-0.3, -0.25) is 9.69 Å². The molecule has 55 heavy (non-hydrogen) atoms. The molecule has 8 nitrogen and oxygen atoms in total. The number of anilines is 2. The maximum Gasteiger partial charge on any atom is 0.264 e. The van der Waals surface area contributed by atoms with Gasteiger partial charge in [-0.05, 0) is 117 Å². The molecule has 1 fully saturated rings. The summed E-state index contributed by atoms with van der Waals surface area (Å²) in [5.41, 5.74) is 6.18. The van der Waals surface area contributed by atoms with Gasteiger partial charge in [-0.1, -0.05) is 71.7 Å². The molecule has 288 valence electrons. The van der Waals surface area contributed by atoms with E-state index in [9.17, 15) is 13.2 Å². The molecule has 6 rings (SSSR count). The highest BCUT2D eigenvalue weighted by Crippen LogP contribution is 2.33. The number of carbonyl (C=O) groups excluding carboxylic acids is 1. The fraction of sp³-hybridized carbons (Fsp3) is 0.279. The zero-order chi connectivity index (χ0) is 39.0. The van der Waals surface area contributed by atoms with Crippen molar-refractivity contribution in [2.45, 2.75) is 35.7 Å². The van der Waals surface area contributed by atoms with Gasteiger partial charge in [-0.2, -0.15) is 0 Å². The first kappa shape index (κ1) is 40.6. The number of carbonyl (C=O) groups is 1. The zero-order valence-electron chi connectivity index (χ0n) is 31.3. The third kappa shape index (κ3) is 11.1. The standard InChI is InChI=1S/C43H47Cl2N5O3S2/c1-31-27-38(18-20-42(31)46-35(21-22-48(2)3)30-54-37-10-5-4-6-11-37)55(52,53)47-43(51)32-13-16-36(17-14-32)50-25-23-49(24-26-50)29-33-9-7-8-12-39(33)40-19-15-34(44)28-41(40)45/h4-20,27-28,35,46H,21-26,29-30H2,1-3H3,(H,47,51)/t35-/m1/s1. The van der Waals surface area contributed by atoms with Gasteiger partial charge in [0.15, 0.2) is 0 Å². The van der Waals surface area contributed by atoms with Crippen LogP contribution in [0.3, 0.4) is 0 Å². The average Bonchev–Trinajstić information content (AvgIpc) is 3.17. The lowest BCUT2D eigenvalue weighted by Crippen LogP contribution is -2.46. The molecule has 1 saturated heterocycles. The van der Waals surface area contributed by atoms with E-state index in [1.54, 1.807) is 48.2 Å². The van der Waals surface area contributed by atoms with Gasteiger partial charge < -0.3 is 15.1 Å². The lowest BCUT2D eigenvalue weighted by molar-refractivity contribution is 0.0981. The molecule has 0 radical (unpaired) electrons. The minimum atomic E-state index is -4.10. The molecule has 1 amide bonds. The molecule has 5 aromatic carbocycles. The molecule has 0 aromatic heterocycles. The van der Waals surface area contributed by atoms with Crippen LogP contribution in [0.25, 0.3) is 11.1 Å². The van der Waals surface area contributed by atoms with Crippen LogP contribution in [-0.4, -0.2) is 82.7 Å². The molecular weight excluding hydrogens is 770 g/mol. The molecular formula is C43H47Cl2N5O3S2. The van der Waals surface area contributed by atoms with Crippen molar-refractivity contribution in [3.05, 3.63) is 142 Å². The summed E-state index contributed by atoms with van der Waals surface area (Å²) in [5, 5.41) is 4.87. The topological polar surface area (TPSA) is 85.0 Å². The van der Waals surface area contributed by atoms with Crippen LogP contribution in [-0.2, 0) is 16.6 Å². The van der Waals surface area contributed by atoms with E-state index in [2.05, 4.69) is 63.1 Å². The number of piperazine rings is 1. The van der Waals surface area contributed by atoms with Crippen LogP contribution in [0.5, 0.6) is 0 Å². The Bertz CT molecular complexity index is 2180. The van der Waals surface area contributed by atoms with Gasteiger partial charge in [-0.15, -0.1) is 11.8 Å². The first-order chi connectivity index (χ1) is 26.4. The summed E-state index contributed by atoms with van der Waals surface area (Å²) in [6, 6.07) is 36.4. The number of halogens is 2. The quantitative estimate of drug-likeness (QED) is 0.101. The van der Waals surface area contributed by atoms with Gasteiger partial charge in [0.2, 0.25) is 0 Å². The Morgan fingerprint density at radius 1 is 0.836 bits per heavy atom. The van der Waals surface area contributed by atoms with E-state index in [0.29, 0.717) is 10.0 Å². The smallest absolute Gasteiger partial charge is 0.264 e. The molecule has 12 heteroatoms. The summed E-state index contributed by atoms with van der Waals surface area (Å²) in [7, 11) is 0.0144. The lowest BCUT2D eigenvalue weighted by Gasteiger charge is -2.36. The Hall–Kier alpha value is -4.03. The third-order valence-corrected chi connectivity index (χ3v) is 12.8. The Labute approximate surface area is 339 Å². The first-order valence-electron chi connectivity index (χ1n) is 18.3. The summed E-state index contributed by atoms with van der Waals surface area (Å²) >= 11 is 14.5. The highest BCUT2D eigenvalue weighted by molar-refractivity contribution is 7.99. The normalized spacial score (nSPS) is 14.2. The average molecular weight is 817 g/mol. The number of nitrogens with zero attached hydrogens (tertiary/aromatic N) is 3. The predicted octanol–water partition coefficient (Wildman–Crippen LogP) is 8.93. The summed E-state index contributed by atoms with van der Waals surface area (Å²) in [6.45, 7) is 6.94. The van der Waals surface area contributed by atoms with Crippen LogP contribution >= 0.6 is 35.0 Å². The van der Waals surface area contributed by atoms with Gasteiger partial charge in [0.1, 0.15) is 0 Å². The van der Waals surface area contributed by atoms with Crippen LogP contribution in [0.4, 0.5) is 11.4 Å². The summed E-state index contributed by atoms with van der Waals surface area (Å²) in [6.07, 6.45) is 0.925. The minimum absolute atomic E-state index is 0.0424. The van der Waals surface area contributed by atoms with Gasteiger partial charge in [-0.25, -0.2) is 13.1 Å². The number of nitrogens with one attached hydrogen (secondary N) is 2. The van der Waals surface area contributed by atoms with E-state index < -0.39 is 15.9 Å². The number of sulfonamides is 1. The van der Waals surface area contributed by atoms with Crippen LogP contribution < -0.4 is 14.9 Å². The van der Waals surface area contributed by atoms with Crippen molar-refractivity contribution in [1.29, 1.82) is 0 Å². The second-order valence-electron chi connectivity index (χ2n) is 14.1. The molecule has 0 bridgehead atoms. The molecule has 2 N–H and O–H groups in total. The minimum Gasteiger partial charge on any atom is -0.381 e. The van der Waals surface area contributed by atoms with Crippen molar-refractivity contribution in [3.8, 4) is 11.1 Å². The Balaban J connectivity index is 1.03. The van der Waals surface area contributed by atoms with Gasteiger partial charge in [0, 0.05) is 82.0 Å². The highest BCUT2D eigenvalue weighted by Gasteiger charge is 2.22. The van der Waals surface area contributed by atoms with Crippen molar-refractivity contribution < 1.29 is 13.2 Å². The molecule has 0 aliphatic carbocycles. The fourth-order valence-corrected chi connectivity index (χ4v) is 9.17. The van der Waals surface area contributed by atoms with E-state index >= 15 is 0 Å². The predicted molar refractivity (Wildman–Crippen MR) is 229 cm³/mol. The van der Waals surface area contributed by atoms with Crippen molar-refractivity contribution in [3.63, 3.8) is 0 Å². The van der Waals surface area contributed by atoms with E-state index in [-0.39, 0.29) is 16.5 Å². The van der Waals surface area contributed by atoms with Gasteiger partial charge in [0.25, 0.3) is 15.9 Å². The Morgan fingerprint density at radius 3 is 2.24 bits per heavy atom. The Kier molecular flexibility index (Phi) is 13.8. The monoisotopic (exact) mass is 815 g/mol. The lowest BCUT2D eigenvalue weighted by atomic mass is 9.99. The van der Waals surface area contributed by atoms with Crippen molar-refractivity contribution in [2.75, 3.05) is 62.8 Å². The van der Waals surface area contributed by atoms with Crippen molar-refractivity contribution in [1.82, 2.24) is 14.5 Å². The van der Waals surface area contributed by atoms with Crippen LogP contribution in [0.1, 0.15) is 27.9 Å². The first-order valence-corrected chi connectivity index (χ1v) is 21.6. The largest absolute Gasteiger partial charge is 0.381 e. The van der Waals surface area contributed by atoms with E-state index in [1.807, 2.05) is 61.5 Å². The highest BCUT2D eigenvalue weighted by atomic mass is 35.5. The molecule has 0 saturated carbocycles. The number of hydrogen-bond acceptors (Lipinski definition) is 8. The maximum atomic E-state index is 13.4. The number of benzene rings is 5. The van der Waals surface area contributed by atoms with E-state index in [0.717, 1.165) is 79.5 Å². The third-order valence-electron chi connectivity index (χ3n) is 9.71. The molecule has 1 atom stereocenters. The van der Waals surface area contributed by atoms with Gasteiger partial charge in [0.05, 0.1) is 4.90 Å². The molecule has 0 unspecified atom stereocenters. The molecule has 5 aromatic rings. The number of hydrogen-bond donors (Lipinski definition) is 2. The van der Waals surface area contributed by atoms with E-state index in [1.165, 1.54) is 10.5 Å². The van der Waals surface area contributed by atoms with Crippen molar-refractivity contribution in [2.24, 2.45) is 0 Å². The maximum absolute atomic E-state index is 13.4. The molecule has 1 heterocycles. The summed E-state index contributed by atoms with van der Waals surface area (Å²) < 4.78 is 29.0. The zero-order valence-corrected chi connectivity index (χ0v) is 34.5. The summed E-state index contributed by atoms with van der Waals surface area (Å²) in [5.74, 6) is 0.191. The molecule has 1 aliphatic heterocycles. The number of aryl methyl sites for hydroxylation is 1. The number of thioether (sulfide) groups is 1. The van der Waals surface area contributed by atoms with Crippen molar-refractivity contribution >= 4 is 62.3 Å². The summed E-state index contributed by atoms with van der Waals surface area (Å²) in [4.78, 5) is 21.3. The van der Waals surface area contributed by atoms with Crippen LogP contribution in [0.15, 0.2) is 125 Å². The van der Waals surface area contributed by atoms with Gasteiger partial charge >= 0.3 is 0 Å². The molecule has 0 spiro atoms. The van der Waals surface area contributed by atoms with Crippen LogP contribution in [0, 0.1) is 6.92 Å². The SMILES string of the molecule is Cc1cc(S(=O)(=O)NC(=O)c2ccc(N3CCN(Cc4ccccc4-c4ccc(Cl)cc4Cl)CC3)cc2)ccc1N[C@H](CCN(C)C)CSc1ccccc1.